The van der Waals surface area contributed by atoms with Crippen LogP contribution in [0.2, 0.25) is 0 Å². The summed E-state index contributed by atoms with van der Waals surface area (Å²) in [4.78, 5) is 39.7. The normalized spacial score (nSPS) is 17.6. The molecule has 1 radical (unpaired) electrons. The molecule has 2 aromatic rings. The fraction of sp³-hybridized carbons (Fsp3) is 0.593. The van der Waals surface area contributed by atoms with Crippen LogP contribution in [0.3, 0.4) is 0 Å². The maximum absolute atomic E-state index is 12.6. The second kappa shape index (κ2) is 11.0. The summed E-state index contributed by atoms with van der Waals surface area (Å²) in [6.45, 7) is 13.6. The zero-order valence-corrected chi connectivity index (χ0v) is 22.3. The van der Waals surface area contributed by atoms with Crippen LogP contribution in [0.5, 0.6) is 0 Å². The summed E-state index contributed by atoms with van der Waals surface area (Å²) in [5, 5.41) is 20.0. The van der Waals surface area contributed by atoms with Gasteiger partial charge >= 0.3 is 5.63 Å². The number of carbonyl (C=O) groups excluding carboxylic acids is 2. The van der Waals surface area contributed by atoms with Gasteiger partial charge in [0.2, 0.25) is 5.91 Å². The van der Waals surface area contributed by atoms with Crippen LogP contribution in [0.25, 0.3) is 11.0 Å². The summed E-state index contributed by atoms with van der Waals surface area (Å²) < 4.78 is 5.43. The molecule has 9 heteroatoms. The van der Waals surface area contributed by atoms with E-state index in [-0.39, 0.29) is 30.5 Å². The first-order valence-electron chi connectivity index (χ1n) is 12.8. The minimum Gasteiger partial charge on any atom is -0.422 e. The summed E-state index contributed by atoms with van der Waals surface area (Å²) in [5.41, 5.74) is -0.465. The second-order valence-electron chi connectivity index (χ2n) is 10.8. The third kappa shape index (κ3) is 6.25. The molecule has 0 spiro atoms. The first-order chi connectivity index (χ1) is 16.9. The van der Waals surface area contributed by atoms with Crippen LogP contribution in [0.1, 0.15) is 77.6 Å². The number of anilines is 1. The lowest BCUT2D eigenvalue weighted by molar-refractivity contribution is -0.290. The largest absolute Gasteiger partial charge is 0.422 e. The Kier molecular flexibility index (Phi) is 8.46. The van der Waals surface area contributed by atoms with E-state index in [4.69, 9.17) is 4.42 Å². The summed E-state index contributed by atoms with van der Waals surface area (Å²) in [5.74, 6) is -0.639. The number of fused-ring (bicyclic) bond motifs is 1. The molecule has 1 saturated heterocycles. The fourth-order valence-electron chi connectivity index (χ4n) is 5.25. The molecule has 1 aromatic carbocycles. The van der Waals surface area contributed by atoms with E-state index >= 15 is 0 Å². The number of carbonyl (C=O) groups is 2. The van der Waals surface area contributed by atoms with Crippen molar-refractivity contribution in [1.82, 2.24) is 15.7 Å². The third-order valence-corrected chi connectivity index (χ3v) is 6.92. The van der Waals surface area contributed by atoms with Crippen LogP contribution < -0.4 is 21.2 Å². The maximum atomic E-state index is 12.6. The van der Waals surface area contributed by atoms with Crippen LogP contribution >= 0.6 is 0 Å². The van der Waals surface area contributed by atoms with E-state index in [1.807, 2.05) is 45.9 Å². The van der Waals surface area contributed by atoms with Gasteiger partial charge in [-0.3, -0.25) is 9.59 Å². The molecule has 0 atom stereocenters. The van der Waals surface area contributed by atoms with Crippen LogP contribution in [-0.2, 0) is 10.0 Å². The second-order valence-corrected chi connectivity index (χ2v) is 10.8. The highest BCUT2D eigenvalue weighted by atomic mass is 16.5. The van der Waals surface area contributed by atoms with E-state index in [1.54, 1.807) is 6.07 Å². The van der Waals surface area contributed by atoms with Gasteiger partial charge in [0.15, 0.2) is 0 Å². The van der Waals surface area contributed by atoms with Crippen molar-refractivity contribution in [3.05, 3.63) is 40.2 Å². The van der Waals surface area contributed by atoms with E-state index in [2.05, 4.69) is 29.4 Å². The fourth-order valence-corrected chi connectivity index (χ4v) is 5.25. The summed E-state index contributed by atoms with van der Waals surface area (Å²) in [6.07, 6.45) is 1.82. The smallest absolute Gasteiger partial charge is 0.349 e. The molecule has 1 fully saturated rings. The monoisotopic (exact) mass is 499 g/mol. The van der Waals surface area contributed by atoms with Crippen molar-refractivity contribution in [3.63, 3.8) is 0 Å². The van der Waals surface area contributed by atoms with Gasteiger partial charge in [0.1, 0.15) is 11.1 Å². The van der Waals surface area contributed by atoms with Crippen molar-refractivity contribution in [2.24, 2.45) is 0 Å². The molecule has 2 heterocycles. The maximum Gasteiger partial charge on any atom is 0.349 e. The topological polar surface area (TPSA) is 115 Å². The van der Waals surface area contributed by atoms with Crippen molar-refractivity contribution in [2.75, 3.05) is 24.5 Å². The highest BCUT2D eigenvalue weighted by molar-refractivity contribution is 5.97. The number of rotatable bonds is 9. The van der Waals surface area contributed by atoms with Gasteiger partial charge in [-0.2, -0.15) is 0 Å². The lowest BCUT2D eigenvalue weighted by Crippen LogP contribution is -2.62. The Morgan fingerprint density at radius 3 is 2.33 bits per heavy atom. The molecule has 1 aliphatic rings. The summed E-state index contributed by atoms with van der Waals surface area (Å²) in [6, 6.07) is 7.06. The van der Waals surface area contributed by atoms with E-state index in [0.29, 0.717) is 30.2 Å². The highest BCUT2D eigenvalue weighted by Crippen LogP contribution is 2.37. The Bertz CT molecular complexity index is 1130. The molecule has 1 aromatic heterocycles. The average molecular weight is 500 g/mol. The molecule has 0 bridgehead atoms. The molecular formula is C27H39N4O5. The molecule has 0 saturated carbocycles. The molecule has 197 valence electrons. The molecular weight excluding hydrogens is 460 g/mol. The predicted molar refractivity (Wildman–Crippen MR) is 139 cm³/mol. The SMILES string of the molecule is CCN(CC)c1ccc2cc(C(=O)NCCCC(=O)NC3CC(C)(C)N([O])C(C)(C)C3)c(=O)oc2c1. The summed E-state index contributed by atoms with van der Waals surface area (Å²) in [7, 11) is 0. The van der Waals surface area contributed by atoms with E-state index < -0.39 is 22.6 Å². The number of hydrogen-bond acceptors (Lipinski definition) is 6. The van der Waals surface area contributed by atoms with E-state index in [9.17, 15) is 19.6 Å². The van der Waals surface area contributed by atoms with Gasteiger partial charge in [0.25, 0.3) is 5.91 Å². The lowest BCUT2D eigenvalue weighted by Gasteiger charge is -2.50. The lowest BCUT2D eigenvalue weighted by atomic mass is 9.79. The van der Waals surface area contributed by atoms with Gasteiger partial charge in [0, 0.05) is 60.3 Å². The Balaban J connectivity index is 1.53. The first-order valence-corrected chi connectivity index (χ1v) is 12.8. The van der Waals surface area contributed by atoms with E-state index in [1.165, 1.54) is 0 Å². The van der Waals surface area contributed by atoms with Crippen LogP contribution in [0.15, 0.2) is 33.5 Å². The Hall–Kier alpha value is -2.91. The third-order valence-electron chi connectivity index (χ3n) is 6.92. The molecule has 3 rings (SSSR count). The highest BCUT2D eigenvalue weighted by Gasteiger charge is 2.46. The van der Waals surface area contributed by atoms with Gasteiger partial charge in [-0.15, -0.1) is 10.3 Å². The molecule has 36 heavy (non-hydrogen) atoms. The Labute approximate surface area is 212 Å². The molecule has 9 nitrogen and oxygen atoms in total. The van der Waals surface area contributed by atoms with Crippen molar-refractivity contribution in [1.29, 1.82) is 0 Å². The molecule has 2 amide bonds. The van der Waals surface area contributed by atoms with Crippen molar-refractivity contribution < 1.29 is 19.2 Å². The van der Waals surface area contributed by atoms with Crippen LogP contribution in [-0.4, -0.2) is 53.6 Å². The minimum atomic E-state index is -0.690. The zero-order chi connectivity index (χ0) is 26.7. The van der Waals surface area contributed by atoms with Gasteiger partial charge < -0.3 is 20.0 Å². The van der Waals surface area contributed by atoms with Gasteiger partial charge in [-0.25, -0.2) is 4.79 Å². The average Bonchev–Trinajstić information content (AvgIpc) is 2.80. The first kappa shape index (κ1) is 27.7. The number of nitrogens with zero attached hydrogens (tertiary/aromatic N) is 2. The standard InChI is InChI=1S/C27H39N4O5/c1-7-30(8-2)20-12-11-18-14-21(25(34)36-22(18)15-20)24(33)28-13-9-10-23(32)29-19-16-26(3,4)31(35)27(5,6)17-19/h11-12,14-15,19H,7-10,13,16-17H2,1-6H3,(H,28,33)(H,29,32). The quantitative estimate of drug-likeness (QED) is 0.402. The van der Waals surface area contributed by atoms with Gasteiger partial charge in [-0.1, -0.05) is 0 Å². The summed E-state index contributed by atoms with van der Waals surface area (Å²) >= 11 is 0. The molecule has 0 aliphatic carbocycles. The number of hydrogen-bond donors (Lipinski definition) is 2. The van der Waals surface area contributed by atoms with Crippen molar-refractivity contribution in [2.45, 2.75) is 84.3 Å². The molecule has 2 N–H and O–H groups in total. The van der Waals surface area contributed by atoms with Gasteiger partial charge in [0.05, 0.1) is 0 Å². The van der Waals surface area contributed by atoms with Gasteiger partial charge in [-0.05, 0) is 79.0 Å². The van der Waals surface area contributed by atoms with Crippen molar-refractivity contribution >= 4 is 28.5 Å². The molecule has 0 unspecified atom stereocenters. The molecule has 1 aliphatic heterocycles. The number of piperidine rings is 1. The Morgan fingerprint density at radius 1 is 1.08 bits per heavy atom. The Morgan fingerprint density at radius 2 is 1.72 bits per heavy atom. The van der Waals surface area contributed by atoms with Crippen LogP contribution in [0, 0.1) is 0 Å². The number of nitrogens with one attached hydrogen (secondary N) is 2. The van der Waals surface area contributed by atoms with Crippen molar-refractivity contribution in [3.8, 4) is 0 Å². The number of hydroxylamine groups is 2. The van der Waals surface area contributed by atoms with Crippen LogP contribution in [0.4, 0.5) is 5.69 Å². The minimum absolute atomic E-state index is 0.0589. The number of benzene rings is 1. The predicted octanol–water partition coefficient (Wildman–Crippen LogP) is 3.63. The number of amides is 2. The van der Waals surface area contributed by atoms with E-state index in [0.717, 1.165) is 23.8 Å². The zero-order valence-electron chi connectivity index (χ0n) is 22.3.